The van der Waals surface area contributed by atoms with E-state index in [9.17, 15) is 11.0 Å². The van der Waals surface area contributed by atoms with Crippen molar-refractivity contribution in [1.82, 2.24) is 0 Å². The van der Waals surface area contributed by atoms with Gasteiger partial charge in [-0.3, -0.25) is 0 Å². The van der Waals surface area contributed by atoms with Crippen LogP contribution in [-0.2, 0) is 0 Å². The van der Waals surface area contributed by atoms with E-state index in [1.807, 2.05) is 42.5 Å². The van der Waals surface area contributed by atoms with Gasteiger partial charge in [0.25, 0.3) is 0 Å². The molecule has 0 amide bonds. The summed E-state index contributed by atoms with van der Waals surface area (Å²) in [6, 6.07) is 1.59. The van der Waals surface area contributed by atoms with Crippen LogP contribution in [0.4, 0.5) is 17.1 Å². The van der Waals surface area contributed by atoms with E-state index in [2.05, 4.69) is 0 Å². The normalized spacial score (nSPS) is 17.4. The Morgan fingerprint density at radius 2 is 1.10 bits per heavy atom. The number of benzene rings is 9. The molecule has 0 aliphatic rings. The summed E-state index contributed by atoms with van der Waals surface area (Å²) in [7, 11) is 0. The molecule has 0 spiro atoms. The number of hydrogen-bond acceptors (Lipinski definition) is 2. The zero-order valence-electron chi connectivity index (χ0n) is 48.7. The van der Waals surface area contributed by atoms with Crippen LogP contribution in [0.3, 0.4) is 0 Å². The average molecular weight is 686 g/mol. The van der Waals surface area contributed by atoms with Gasteiger partial charge in [0.05, 0.1) is 30.2 Å². The number of furan rings is 1. The fourth-order valence-electron chi connectivity index (χ4n) is 6.26. The van der Waals surface area contributed by atoms with Crippen molar-refractivity contribution in [2.45, 2.75) is 0 Å². The van der Waals surface area contributed by atoms with Crippen molar-refractivity contribution in [3.63, 3.8) is 0 Å². The topological polar surface area (TPSA) is 16.4 Å². The van der Waals surface area contributed by atoms with Gasteiger partial charge in [-0.05, 0) is 91.7 Å². The third kappa shape index (κ3) is 5.12. The zero-order chi connectivity index (χ0) is 53.6. The number of anilines is 3. The van der Waals surface area contributed by atoms with Gasteiger partial charge in [0, 0.05) is 33.4 Å². The number of para-hydroxylation sites is 2. The van der Waals surface area contributed by atoms with Crippen LogP contribution in [0.15, 0.2) is 204 Å². The third-order valence-corrected chi connectivity index (χ3v) is 8.65. The Labute approximate surface area is 333 Å². The highest BCUT2D eigenvalue weighted by Crippen LogP contribution is 2.41. The lowest BCUT2D eigenvalue weighted by atomic mass is 9.97. The molecule has 0 unspecified atom stereocenters. The molecule has 244 valence electrons. The maximum Gasteiger partial charge on any atom is 0.143 e. The molecule has 2 nitrogen and oxygen atoms in total. The summed E-state index contributed by atoms with van der Waals surface area (Å²) in [5.41, 5.74) is -3.51. The number of hydrogen-bond donors (Lipinski definition) is 0. The molecule has 0 radical (unpaired) electrons. The second-order valence-corrected chi connectivity index (χ2v) is 11.6. The summed E-state index contributed by atoms with van der Waals surface area (Å²) < 4.78 is 203. The smallest absolute Gasteiger partial charge is 0.143 e. The van der Waals surface area contributed by atoms with Crippen molar-refractivity contribution < 1.29 is 34.6 Å². The van der Waals surface area contributed by atoms with Crippen molar-refractivity contribution in [2.24, 2.45) is 0 Å². The summed E-state index contributed by atoms with van der Waals surface area (Å²) in [5, 5.41) is 0.0445. The molecule has 2 heteroatoms. The van der Waals surface area contributed by atoms with E-state index < -0.39 is 189 Å². The molecular weight excluding hydrogens is 631 g/mol. The molecule has 0 fully saturated rings. The van der Waals surface area contributed by atoms with Gasteiger partial charge in [0.2, 0.25) is 0 Å². The Kier molecular flexibility index (Phi) is 3.63. The molecule has 0 atom stereocenters. The Bertz CT molecular complexity index is 4130. The van der Waals surface area contributed by atoms with E-state index in [4.69, 9.17) is 23.6 Å². The lowest BCUT2D eigenvalue weighted by molar-refractivity contribution is 0.670. The van der Waals surface area contributed by atoms with Crippen LogP contribution in [0.2, 0.25) is 0 Å². The van der Waals surface area contributed by atoms with Crippen molar-refractivity contribution in [3.05, 3.63) is 200 Å². The average Bonchev–Trinajstić information content (AvgIpc) is 3.82. The fraction of sp³-hybridized carbons (Fsp3) is 0. The minimum Gasteiger partial charge on any atom is -0.455 e. The first-order valence-electron chi connectivity index (χ1n) is 27.0. The molecule has 0 bridgehead atoms. The van der Waals surface area contributed by atoms with Crippen LogP contribution in [0.25, 0.3) is 76.9 Å². The molecule has 10 aromatic rings. The summed E-state index contributed by atoms with van der Waals surface area (Å²) in [6.07, 6.45) is 0. The van der Waals surface area contributed by atoms with E-state index in [1.54, 1.807) is 12.1 Å². The van der Waals surface area contributed by atoms with Crippen LogP contribution in [0, 0.1) is 0 Å². The van der Waals surface area contributed by atoms with Crippen molar-refractivity contribution in [3.8, 4) is 33.4 Å². The van der Waals surface area contributed by atoms with E-state index in [-0.39, 0.29) is 16.5 Å². The first-order chi connectivity index (χ1) is 35.0. The summed E-state index contributed by atoms with van der Waals surface area (Å²) in [5.74, 6) is 0. The zero-order valence-corrected chi connectivity index (χ0v) is 26.7. The summed E-state index contributed by atoms with van der Waals surface area (Å²) >= 11 is 0. The summed E-state index contributed by atoms with van der Waals surface area (Å²) in [6.45, 7) is 0. The maximum atomic E-state index is 9.88. The van der Waals surface area contributed by atoms with E-state index >= 15 is 0 Å². The molecular formula is C50H33NO. The van der Waals surface area contributed by atoms with E-state index in [1.165, 1.54) is 12.1 Å². The van der Waals surface area contributed by atoms with Gasteiger partial charge in [0.15, 0.2) is 0 Å². The maximum absolute atomic E-state index is 9.88. The summed E-state index contributed by atoms with van der Waals surface area (Å²) in [4.78, 5) is 0.955. The lowest BCUT2D eigenvalue weighted by Crippen LogP contribution is -2.10. The minimum atomic E-state index is -0.927. The molecule has 1 heterocycles. The highest BCUT2D eigenvalue weighted by atomic mass is 16.3. The van der Waals surface area contributed by atoms with Crippen LogP contribution in [-0.4, -0.2) is 0 Å². The van der Waals surface area contributed by atoms with Crippen LogP contribution in [0.5, 0.6) is 0 Å². The van der Waals surface area contributed by atoms with Gasteiger partial charge in [0.1, 0.15) is 11.2 Å². The molecule has 0 aliphatic carbocycles. The van der Waals surface area contributed by atoms with Gasteiger partial charge in [-0.25, -0.2) is 0 Å². The molecule has 0 saturated carbocycles. The van der Waals surface area contributed by atoms with Crippen molar-refractivity contribution >= 4 is 60.5 Å². The quantitative estimate of drug-likeness (QED) is 0.173. The van der Waals surface area contributed by atoms with Gasteiger partial charge in [-0.2, -0.15) is 0 Å². The second kappa shape index (κ2) is 12.5. The standard InChI is InChI=1S/C50H33NO/c1-3-17-42-34(11-1)13-8-20-44(42)36-25-29-39(30-26-36)51(41-16-7-15-38(33-41)45-21-9-14-35-12-2-4-18-43(35)45)40-31-27-37(28-32-40)46-22-10-23-48-47-19-5-6-24-49(47)52-50(46)48/h1-33H/i2D,4D,5D,6D,7D,9D,10D,12D,14D,15D,16D,18D,19D,21D,22D,23D,24D,27D,28D,31D,32D,33D. The highest BCUT2D eigenvalue weighted by molar-refractivity contribution is 6.09. The first-order valence-corrected chi connectivity index (χ1v) is 16.0. The molecule has 10 rings (SSSR count). The van der Waals surface area contributed by atoms with Crippen molar-refractivity contribution in [2.75, 3.05) is 4.90 Å². The first kappa shape index (κ1) is 15.1. The van der Waals surface area contributed by atoms with Gasteiger partial charge >= 0.3 is 0 Å². The van der Waals surface area contributed by atoms with Gasteiger partial charge in [-0.15, -0.1) is 0 Å². The monoisotopic (exact) mass is 685 g/mol. The highest BCUT2D eigenvalue weighted by Gasteiger charge is 2.17. The largest absolute Gasteiger partial charge is 0.455 e. The predicted molar refractivity (Wildman–Crippen MR) is 220 cm³/mol. The molecule has 0 saturated heterocycles. The molecule has 0 aliphatic heterocycles. The van der Waals surface area contributed by atoms with Gasteiger partial charge in [-0.1, -0.05) is 157 Å². The Morgan fingerprint density at radius 3 is 2.00 bits per heavy atom. The van der Waals surface area contributed by atoms with Gasteiger partial charge < -0.3 is 9.32 Å². The minimum absolute atomic E-state index is 0.0515. The Hall–Kier alpha value is -6.90. The van der Waals surface area contributed by atoms with Crippen LogP contribution >= 0.6 is 0 Å². The van der Waals surface area contributed by atoms with Crippen LogP contribution in [0.1, 0.15) is 30.2 Å². The fourth-order valence-corrected chi connectivity index (χ4v) is 6.26. The lowest BCUT2D eigenvalue weighted by Gasteiger charge is -2.26. The SMILES string of the molecule is [2H]c1c([2H])c(-c2c([2H])c([2H])c([2H])c3c([2H])c([2H])c([2H])c([2H])c23)c([2H])c(N(c2ccc(-c3cccc4ccccc34)cc2)c2c([2H])c([2H])c(-c3c([2H])c([2H])c([2H])c4c3oc3c([2H])c([2H])c([2H])c([2H])c34)c([2H])c2[2H])c1[2H]. The third-order valence-electron chi connectivity index (χ3n) is 8.65. The molecule has 9 aromatic carbocycles. The number of nitrogens with zero attached hydrogens (tertiary/aromatic N) is 1. The molecule has 0 N–H and O–H groups in total. The predicted octanol–water partition coefficient (Wildman–Crippen LogP) is 14.4. The number of rotatable bonds is 6. The Morgan fingerprint density at radius 1 is 0.385 bits per heavy atom. The number of fused-ring (bicyclic) bond motifs is 5. The van der Waals surface area contributed by atoms with E-state index in [0.29, 0.717) is 5.56 Å². The van der Waals surface area contributed by atoms with Crippen LogP contribution < -0.4 is 4.90 Å². The van der Waals surface area contributed by atoms with E-state index in [0.717, 1.165) is 21.2 Å². The molecule has 52 heavy (non-hydrogen) atoms. The Balaban J connectivity index is 1.32. The molecule has 1 aromatic heterocycles. The second-order valence-electron chi connectivity index (χ2n) is 11.6. The van der Waals surface area contributed by atoms with Crippen molar-refractivity contribution in [1.29, 1.82) is 0 Å².